The molecule has 0 radical (unpaired) electrons. The average molecular weight is 447 g/mol. The van der Waals surface area contributed by atoms with Crippen LogP contribution in [0.1, 0.15) is 17.3 Å². The van der Waals surface area contributed by atoms with Crippen LogP contribution in [0, 0.1) is 3.57 Å². The number of carbonyl (C=O) groups excluding carboxylic acids is 1. The predicted molar refractivity (Wildman–Crippen MR) is 94.0 cm³/mol. The number of hydrogen-bond acceptors (Lipinski definition) is 5. The molecular weight excluding hydrogens is 433 g/mol. The number of anilines is 1. The van der Waals surface area contributed by atoms with Crippen LogP contribution in [-0.4, -0.2) is 26.1 Å². The summed E-state index contributed by atoms with van der Waals surface area (Å²) in [5.41, 5.74) is 0.600. The summed E-state index contributed by atoms with van der Waals surface area (Å²) in [4.78, 5) is 11.3. The van der Waals surface area contributed by atoms with Gasteiger partial charge in [0.2, 0.25) is 0 Å². The van der Waals surface area contributed by atoms with E-state index in [1.54, 1.807) is 19.1 Å². The van der Waals surface area contributed by atoms with E-state index in [1.807, 2.05) is 22.6 Å². The third-order valence-electron chi connectivity index (χ3n) is 2.89. The topological polar surface area (TPSA) is 92.7 Å². The summed E-state index contributed by atoms with van der Waals surface area (Å²) in [5.74, 6) is -0.777. The zero-order valence-electron chi connectivity index (χ0n) is 12.1. The smallest absolute Gasteiger partial charge is 0.338 e. The summed E-state index contributed by atoms with van der Waals surface area (Å²) < 4.78 is 32.3. The Balaban J connectivity index is 2.24. The molecule has 0 aliphatic rings. The summed E-state index contributed by atoms with van der Waals surface area (Å²) in [5, 5.41) is 9.90. The first-order valence-electron chi connectivity index (χ1n) is 6.62. The highest BCUT2D eigenvalue weighted by molar-refractivity contribution is 14.1. The number of phenols is 1. The zero-order valence-corrected chi connectivity index (χ0v) is 15.1. The number of benzene rings is 2. The molecule has 0 aliphatic carbocycles. The third-order valence-corrected chi connectivity index (χ3v) is 5.17. The first-order valence-corrected chi connectivity index (χ1v) is 9.19. The molecule has 8 heteroatoms. The fraction of sp³-hybridized carbons (Fsp3) is 0.133. The van der Waals surface area contributed by atoms with Crippen LogP contribution in [0.5, 0.6) is 5.75 Å². The molecule has 0 saturated carbocycles. The van der Waals surface area contributed by atoms with Crippen LogP contribution in [0.4, 0.5) is 5.69 Å². The Labute approximate surface area is 147 Å². The number of para-hydroxylation sites is 1. The quantitative estimate of drug-likeness (QED) is 0.543. The summed E-state index contributed by atoms with van der Waals surface area (Å²) in [6.07, 6.45) is 0. The number of esters is 1. The Morgan fingerprint density at radius 3 is 2.48 bits per heavy atom. The monoisotopic (exact) mass is 447 g/mol. The van der Waals surface area contributed by atoms with Crippen molar-refractivity contribution in [1.82, 2.24) is 0 Å². The Hall–Kier alpha value is -1.81. The van der Waals surface area contributed by atoms with Gasteiger partial charge in [0.1, 0.15) is 10.6 Å². The van der Waals surface area contributed by atoms with Crippen LogP contribution in [0.15, 0.2) is 47.4 Å². The van der Waals surface area contributed by atoms with Crippen molar-refractivity contribution in [2.45, 2.75) is 11.8 Å². The van der Waals surface area contributed by atoms with Gasteiger partial charge < -0.3 is 9.84 Å². The fourth-order valence-electron chi connectivity index (χ4n) is 1.81. The van der Waals surface area contributed by atoms with Crippen molar-refractivity contribution in [3.63, 3.8) is 0 Å². The molecular formula is C15H14INO5S. The summed E-state index contributed by atoms with van der Waals surface area (Å²) in [6, 6.07) is 10.3. The number of phenolic OH excluding ortho intramolecular Hbond substituents is 1. The maximum absolute atomic E-state index is 12.3. The molecule has 2 aromatic carbocycles. The van der Waals surface area contributed by atoms with E-state index in [2.05, 4.69) is 4.72 Å². The Morgan fingerprint density at radius 1 is 1.22 bits per heavy atom. The molecule has 122 valence electrons. The number of carbonyl (C=O) groups is 1. The minimum atomic E-state index is -3.93. The van der Waals surface area contributed by atoms with Crippen molar-refractivity contribution in [3.05, 3.63) is 51.6 Å². The lowest BCUT2D eigenvalue weighted by atomic mass is 10.2. The van der Waals surface area contributed by atoms with Crippen LogP contribution in [-0.2, 0) is 14.8 Å². The molecule has 0 atom stereocenters. The minimum Gasteiger partial charge on any atom is -0.505 e. The number of sulfonamides is 1. The van der Waals surface area contributed by atoms with Gasteiger partial charge in [-0.3, -0.25) is 4.72 Å². The van der Waals surface area contributed by atoms with Crippen molar-refractivity contribution in [2.24, 2.45) is 0 Å². The molecule has 2 rings (SSSR count). The van der Waals surface area contributed by atoms with Gasteiger partial charge in [-0.05, 0) is 65.9 Å². The van der Waals surface area contributed by atoms with Crippen molar-refractivity contribution in [3.8, 4) is 5.75 Å². The van der Waals surface area contributed by atoms with Crippen molar-refractivity contribution in [1.29, 1.82) is 0 Å². The fourth-order valence-corrected chi connectivity index (χ4v) is 3.67. The van der Waals surface area contributed by atoms with Crippen molar-refractivity contribution < 1.29 is 23.1 Å². The van der Waals surface area contributed by atoms with Gasteiger partial charge in [-0.1, -0.05) is 6.07 Å². The molecule has 0 amide bonds. The molecule has 0 aliphatic heterocycles. The van der Waals surface area contributed by atoms with E-state index in [4.69, 9.17) is 4.74 Å². The van der Waals surface area contributed by atoms with Crippen LogP contribution in [0.25, 0.3) is 0 Å². The van der Waals surface area contributed by atoms with Crippen LogP contribution >= 0.6 is 22.6 Å². The lowest BCUT2D eigenvalue weighted by Gasteiger charge is -2.10. The molecule has 2 N–H and O–H groups in total. The average Bonchev–Trinajstić information content (AvgIpc) is 2.50. The van der Waals surface area contributed by atoms with E-state index >= 15 is 0 Å². The second-order valence-corrected chi connectivity index (χ2v) is 7.30. The molecule has 0 fully saturated rings. The van der Waals surface area contributed by atoms with E-state index in [0.717, 1.165) is 0 Å². The van der Waals surface area contributed by atoms with Crippen LogP contribution in [0.3, 0.4) is 0 Å². The summed E-state index contributed by atoms with van der Waals surface area (Å²) in [6.45, 7) is 1.97. The molecule has 0 saturated heterocycles. The largest absolute Gasteiger partial charge is 0.505 e. The van der Waals surface area contributed by atoms with E-state index in [1.165, 1.54) is 30.3 Å². The van der Waals surface area contributed by atoms with E-state index in [-0.39, 0.29) is 22.9 Å². The number of halogens is 1. The summed E-state index contributed by atoms with van der Waals surface area (Å²) in [7, 11) is -3.93. The van der Waals surface area contributed by atoms with Gasteiger partial charge in [0, 0.05) is 5.69 Å². The molecule has 2 aromatic rings. The van der Waals surface area contributed by atoms with Gasteiger partial charge in [0.15, 0.2) is 0 Å². The highest BCUT2D eigenvalue weighted by Gasteiger charge is 2.20. The first kappa shape index (κ1) is 17.5. The Morgan fingerprint density at radius 2 is 1.87 bits per heavy atom. The molecule has 0 spiro atoms. The number of aromatic hydroxyl groups is 1. The van der Waals surface area contributed by atoms with E-state index < -0.39 is 16.0 Å². The third kappa shape index (κ3) is 4.14. The first-order chi connectivity index (χ1) is 10.8. The second-order valence-electron chi connectivity index (χ2n) is 4.49. The van der Waals surface area contributed by atoms with Crippen LogP contribution < -0.4 is 4.72 Å². The van der Waals surface area contributed by atoms with Crippen molar-refractivity contribution >= 4 is 44.3 Å². The number of hydrogen-bond donors (Lipinski definition) is 2. The van der Waals surface area contributed by atoms with Gasteiger partial charge in [-0.25, -0.2) is 13.2 Å². The maximum atomic E-state index is 12.3. The van der Waals surface area contributed by atoms with E-state index in [0.29, 0.717) is 9.13 Å². The summed E-state index contributed by atoms with van der Waals surface area (Å²) >= 11 is 1.85. The number of rotatable bonds is 5. The molecule has 0 aromatic heterocycles. The zero-order chi connectivity index (χ0) is 17.0. The standard InChI is InChI=1S/C15H14INO5S/c1-2-22-15(19)10-6-8-11(9-7-10)17-23(20,21)13-5-3-4-12(16)14(13)18/h3-9,17-18H,2H2,1H3. The van der Waals surface area contributed by atoms with Gasteiger partial charge >= 0.3 is 5.97 Å². The molecule has 23 heavy (non-hydrogen) atoms. The van der Waals surface area contributed by atoms with Crippen LogP contribution in [0.2, 0.25) is 0 Å². The van der Waals surface area contributed by atoms with Crippen molar-refractivity contribution in [2.75, 3.05) is 11.3 Å². The van der Waals surface area contributed by atoms with Gasteiger partial charge in [-0.2, -0.15) is 0 Å². The maximum Gasteiger partial charge on any atom is 0.338 e. The molecule has 0 bridgehead atoms. The van der Waals surface area contributed by atoms with E-state index in [9.17, 15) is 18.3 Å². The highest BCUT2D eigenvalue weighted by Crippen LogP contribution is 2.29. The predicted octanol–water partition coefficient (Wildman–Crippen LogP) is 2.97. The molecule has 0 heterocycles. The normalized spacial score (nSPS) is 11.0. The molecule has 0 unspecified atom stereocenters. The van der Waals surface area contributed by atoms with Gasteiger partial charge in [-0.15, -0.1) is 0 Å². The Bertz CT molecular complexity index is 818. The number of nitrogens with one attached hydrogen (secondary N) is 1. The minimum absolute atomic E-state index is 0.209. The number of ether oxygens (including phenoxy) is 1. The van der Waals surface area contributed by atoms with Gasteiger partial charge in [0.25, 0.3) is 10.0 Å². The lowest BCUT2D eigenvalue weighted by Crippen LogP contribution is -2.13. The highest BCUT2D eigenvalue weighted by atomic mass is 127. The second kappa shape index (κ2) is 7.18. The Kier molecular flexibility index (Phi) is 5.47. The lowest BCUT2D eigenvalue weighted by molar-refractivity contribution is 0.0526. The van der Waals surface area contributed by atoms with Gasteiger partial charge in [0.05, 0.1) is 15.7 Å². The SMILES string of the molecule is CCOC(=O)c1ccc(NS(=O)(=O)c2cccc(I)c2O)cc1. The molecule has 6 nitrogen and oxygen atoms in total.